The van der Waals surface area contributed by atoms with Gasteiger partial charge < -0.3 is 20.5 Å². The van der Waals surface area contributed by atoms with Gasteiger partial charge in [-0.15, -0.1) is 12.4 Å². The summed E-state index contributed by atoms with van der Waals surface area (Å²) in [6, 6.07) is 12.5. The lowest BCUT2D eigenvalue weighted by Crippen LogP contribution is -2.13. The van der Waals surface area contributed by atoms with Gasteiger partial charge in [0.25, 0.3) is 5.91 Å². The molecule has 1 amide bonds. The summed E-state index contributed by atoms with van der Waals surface area (Å²) in [6.45, 7) is 4.80. The average Bonchev–Trinajstić information content (AvgIpc) is 2.53. The first-order valence-electron chi connectivity index (χ1n) is 7.69. The topological polar surface area (TPSA) is 73.6 Å². The summed E-state index contributed by atoms with van der Waals surface area (Å²) in [5.74, 6) is 1.16. The fraction of sp³-hybridized carbons (Fsp3) is 0.278. The molecule has 0 aromatic heterocycles. The molecule has 0 radical (unpaired) electrons. The number of amides is 1. The molecule has 0 atom stereocenters. The summed E-state index contributed by atoms with van der Waals surface area (Å²) in [6.07, 6.45) is 0.0382. The molecule has 25 heavy (non-hydrogen) atoms. The monoisotopic (exact) mass is 428 g/mol. The second kappa shape index (κ2) is 10.3. The van der Waals surface area contributed by atoms with Crippen LogP contribution in [0.5, 0.6) is 11.5 Å². The molecule has 0 saturated heterocycles. The van der Waals surface area contributed by atoms with Crippen molar-refractivity contribution < 1.29 is 14.3 Å². The maximum absolute atomic E-state index is 12.4. The molecule has 0 aliphatic rings. The number of benzene rings is 2. The SMILES string of the molecule is CC(C)Oc1cc(Br)cc(C(=O)Nc2ccc(OCCN)cc2)c1.Cl. The molecule has 2 aromatic carbocycles. The first kappa shape index (κ1) is 21.3. The van der Waals surface area contributed by atoms with E-state index in [9.17, 15) is 4.79 Å². The zero-order chi connectivity index (χ0) is 17.5. The maximum atomic E-state index is 12.4. The van der Waals surface area contributed by atoms with Crippen LogP contribution < -0.4 is 20.5 Å². The fourth-order valence-corrected chi connectivity index (χ4v) is 2.52. The number of hydrogen-bond donors (Lipinski definition) is 2. The van der Waals surface area contributed by atoms with Crippen LogP contribution in [0, 0.1) is 0 Å². The van der Waals surface area contributed by atoms with Crippen molar-refractivity contribution in [3.8, 4) is 11.5 Å². The minimum Gasteiger partial charge on any atom is -0.492 e. The van der Waals surface area contributed by atoms with Gasteiger partial charge in [-0.3, -0.25) is 4.79 Å². The number of carbonyl (C=O) groups excluding carboxylic acids is 1. The van der Waals surface area contributed by atoms with Crippen LogP contribution >= 0.6 is 28.3 Å². The third kappa shape index (κ3) is 6.94. The molecule has 7 heteroatoms. The highest BCUT2D eigenvalue weighted by Gasteiger charge is 2.10. The smallest absolute Gasteiger partial charge is 0.255 e. The van der Waals surface area contributed by atoms with Crippen molar-refractivity contribution in [2.45, 2.75) is 20.0 Å². The van der Waals surface area contributed by atoms with Crippen molar-refractivity contribution in [2.24, 2.45) is 5.73 Å². The molecule has 5 nitrogen and oxygen atoms in total. The van der Waals surface area contributed by atoms with Crippen LogP contribution in [0.3, 0.4) is 0 Å². The van der Waals surface area contributed by atoms with E-state index in [2.05, 4.69) is 21.2 Å². The van der Waals surface area contributed by atoms with Crippen LogP contribution in [0.15, 0.2) is 46.9 Å². The Kier molecular flexibility index (Phi) is 8.75. The molecule has 3 N–H and O–H groups in total. The standard InChI is InChI=1S/C18H21BrN2O3.ClH/c1-12(2)24-17-10-13(9-14(19)11-17)18(22)21-15-3-5-16(6-4-15)23-8-7-20;/h3-6,9-12H,7-8,20H2,1-2H3,(H,21,22);1H. The van der Waals surface area contributed by atoms with Crippen LogP contribution in [-0.4, -0.2) is 25.2 Å². The molecule has 136 valence electrons. The van der Waals surface area contributed by atoms with E-state index in [1.54, 1.807) is 36.4 Å². The third-order valence-corrected chi connectivity index (χ3v) is 3.46. The van der Waals surface area contributed by atoms with Crippen LogP contribution in [0.25, 0.3) is 0 Å². The van der Waals surface area contributed by atoms with E-state index in [4.69, 9.17) is 15.2 Å². The number of carbonyl (C=O) groups is 1. The fourth-order valence-electron chi connectivity index (χ4n) is 2.05. The average molecular weight is 430 g/mol. The van der Waals surface area contributed by atoms with Gasteiger partial charge >= 0.3 is 0 Å². The Morgan fingerprint density at radius 3 is 2.44 bits per heavy atom. The summed E-state index contributed by atoms with van der Waals surface area (Å²) >= 11 is 3.40. The van der Waals surface area contributed by atoms with Crippen molar-refractivity contribution in [1.29, 1.82) is 0 Å². The van der Waals surface area contributed by atoms with Gasteiger partial charge in [0.15, 0.2) is 0 Å². The Labute approximate surface area is 162 Å². The first-order chi connectivity index (χ1) is 11.5. The molecule has 2 rings (SSSR count). The van der Waals surface area contributed by atoms with Gasteiger partial charge in [0.2, 0.25) is 0 Å². The molecule has 0 saturated carbocycles. The van der Waals surface area contributed by atoms with Crippen molar-refractivity contribution in [2.75, 3.05) is 18.5 Å². The van der Waals surface area contributed by atoms with Crippen molar-refractivity contribution in [3.05, 3.63) is 52.5 Å². The molecular formula is C18H22BrClN2O3. The summed E-state index contributed by atoms with van der Waals surface area (Å²) in [5.41, 5.74) is 6.60. The largest absolute Gasteiger partial charge is 0.492 e. The van der Waals surface area contributed by atoms with E-state index in [0.29, 0.717) is 35.9 Å². The molecule has 0 unspecified atom stereocenters. The van der Waals surface area contributed by atoms with Gasteiger partial charge in [-0.2, -0.15) is 0 Å². The predicted molar refractivity (Wildman–Crippen MR) is 106 cm³/mol. The summed E-state index contributed by atoms with van der Waals surface area (Å²) in [5, 5.41) is 2.85. The summed E-state index contributed by atoms with van der Waals surface area (Å²) in [4.78, 5) is 12.4. The summed E-state index contributed by atoms with van der Waals surface area (Å²) in [7, 11) is 0. The minimum absolute atomic E-state index is 0. The molecule has 0 spiro atoms. The van der Waals surface area contributed by atoms with Gasteiger partial charge in [0.1, 0.15) is 18.1 Å². The van der Waals surface area contributed by atoms with E-state index in [1.807, 2.05) is 19.9 Å². The molecule has 0 bridgehead atoms. The van der Waals surface area contributed by atoms with Crippen LogP contribution in [0.1, 0.15) is 24.2 Å². The molecule has 0 fully saturated rings. The predicted octanol–water partition coefficient (Wildman–Crippen LogP) is 4.25. The van der Waals surface area contributed by atoms with Crippen LogP contribution in [0.2, 0.25) is 0 Å². The van der Waals surface area contributed by atoms with Crippen molar-refractivity contribution >= 4 is 39.9 Å². The quantitative estimate of drug-likeness (QED) is 0.690. The third-order valence-electron chi connectivity index (χ3n) is 3.00. The molecule has 0 aliphatic carbocycles. The van der Waals surface area contributed by atoms with Gasteiger partial charge in [0, 0.05) is 22.3 Å². The van der Waals surface area contributed by atoms with Gasteiger partial charge in [-0.05, 0) is 56.3 Å². The lowest BCUT2D eigenvalue weighted by atomic mass is 10.2. The highest BCUT2D eigenvalue weighted by atomic mass is 79.9. The lowest BCUT2D eigenvalue weighted by molar-refractivity contribution is 0.102. The number of ether oxygens (including phenoxy) is 2. The second-order valence-corrected chi connectivity index (χ2v) is 6.37. The highest BCUT2D eigenvalue weighted by molar-refractivity contribution is 9.10. The zero-order valence-corrected chi connectivity index (χ0v) is 16.5. The van der Waals surface area contributed by atoms with Crippen LogP contribution in [0.4, 0.5) is 5.69 Å². The Hall–Kier alpha value is -1.76. The number of hydrogen-bond acceptors (Lipinski definition) is 4. The highest BCUT2D eigenvalue weighted by Crippen LogP contribution is 2.24. The Morgan fingerprint density at radius 2 is 1.84 bits per heavy atom. The summed E-state index contributed by atoms with van der Waals surface area (Å²) < 4.78 is 11.8. The second-order valence-electron chi connectivity index (χ2n) is 5.46. The molecule has 0 aliphatic heterocycles. The van der Waals surface area contributed by atoms with E-state index < -0.39 is 0 Å². The molecule has 0 heterocycles. The zero-order valence-electron chi connectivity index (χ0n) is 14.1. The van der Waals surface area contributed by atoms with Gasteiger partial charge in [0.05, 0.1) is 6.10 Å². The first-order valence-corrected chi connectivity index (χ1v) is 8.49. The van der Waals surface area contributed by atoms with E-state index in [0.717, 1.165) is 4.47 Å². The Bertz CT molecular complexity index is 693. The maximum Gasteiger partial charge on any atom is 0.255 e. The number of nitrogens with one attached hydrogen (secondary N) is 1. The minimum atomic E-state index is -0.208. The van der Waals surface area contributed by atoms with E-state index >= 15 is 0 Å². The van der Waals surface area contributed by atoms with Gasteiger partial charge in [-0.25, -0.2) is 0 Å². The Morgan fingerprint density at radius 1 is 1.16 bits per heavy atom. The van der Waals surface area contributed by atoms with Crippen molar-refractivity contribution in [3.63, 3.8) is 0 Å². The lowest BCUT2D eigenvalue weighted by Gasteiger charge is -2.12. The Balaban J connectivity index is 0.00000312. The van der Waals surface area contributed by atoms with E-state index in [1.165, 1.54) is 0 Å². The normalized spacial score (nSPS) is 10.1. The van der Waals surface area contributed by atoms with Crippen molar-refractivity contribution in [1.82, 2.24) is 0 Å². The molecule has 2 aromatic rings. The number of rotatable bonds is 7. The number of halogens is 2. The molecular weight excluding hydrogens is 408 g/mol. The number of anilines is 1. The van der Waals surface area contributed by atoms with E-state index in [-0.39, 0.29) is 24.4 Å². The number of nitrogens with two attached hydrogens (primary N) is 1. The van der Waals surface area contributed by atoms with Crippen LogP contribution in [-0.2, 0) is 0 Å². The van der Waals surface area contributed by atoms with Gasteiger partial charge in [-0.1, -0.05) is 15.9 Å².